The van der Waals surface area contributed by atoms with Crippen LogP contribution in [0.15, 0.2) is 40.7 Å². The third-order valence-corrected chi connectivity index (χ3v) is 5.02. The molecule has 2 heterocycles. The molecule has 118 valence electrons. The number of carbonyl (C=O) groups is 1. The number of hydrazone groups is 1. The number of anilines is 1. The lowest BCUT2D eigenvalue weighted by atomic mass is 9.67. The summed E-state index contributed by atoms with van der Waals surface area (Å²) in [6.07, 6.45) is 7.20. The lowest BCUT2D eigenvalue weighted by molar-refractivity contribution is -0.121. The van der Waals surface area contributed by atoms with Gasteiger partial charge >= 0.3 is 0 Å². The number of fused-ring (bicyclic) bond motifs is 1. The summed E-state index contributed by atoms with van der Waals surface area (Å²) in [5, 5.41) is 19.2. The number of aryl methyl sites for hydroxylation is 1. The Labute approximate surface area is 137 Å². The molecule has 7 heteroatoms. The summed E-state index contributed by atoms with van der Waals surface area (Å²) in [5.74, 6) is 0.714. The fraction of sp³-hybridized carbons (Fsp3) is 0.375. The summed E-state index contributed by atoms with van der Waals surface area (Å²) in [5.41, 5.74) is 0.380. The summed E-state index contributed by atoms with van der Waals surface area (Å²) >= 11 is 0. The summed E-state index contributed by atoms with van der Waals surface area (Å²) in [7, 11) is 4.59. The Balaban J connectivity index is 2.12. The third kappa shape index (κ3) is 2.32. The Hall–Kier alpha value is -2.25. The number of rotatable bonds is 1. The molecule has 0 amide bonds. The molecule has 0 fully saturated rings. The van der Waals surface area contributed by atoms with Crippen LogP contribution in [0.1, 0.15) is 13.8 Å². The van der Waals surface area contributed by atoms with Gasteiger partial charge in [-0.25, -0.2) is 5.01 Å². The van der Waals surface area contributed by atoms with E-state index in [0.29, 0.717) is 6.54 Å². The normalized spacial score (nSPS) is 26.0. The highest BCUT2D eigenvalue weighted by molar-refractivity contribution is 7.21. The minimum absolute atomic E-state index is 0.147. The van der Waals surface area contributed by atoms with Gasteiger partial charge in [0.15, 0.2) is 5.78 Å². The van der Waals surface area contributed by atoms with E-state index < -0.39 is 10.6 Å². The van der Waals surface area contributed by atoms with Crippen LogP contribution in [0.3, 0.4) is 0 Å². The van der Waals surface area contributed by atoms with Crippen LogP contribution < -0.4 is 5.01 Å². The summed E-state index contributed by atoms with van der Waals surface area (Å²) in [4.78, 5) is 12.5. The van der Waals surface area contributed by atoms with Crippen LogP contribution in [-0.4, -0.2) is 33.5 Å². The van der Waals surface area contributed by atoms with Gasteiger partial charge in [-0.05, 0) is 25.5 Å². The van der Waals surface area contributed by atoms with Gasteiger partial charge in [0.25, 0.3) is 0 Å². The van der Waals surface area contributed by atoms with Gasteiger partial charge in [-0.15, -0.1) is 9.24 Å². The second-order valence-electron chi connectivity index (χ2n) is 6.31. The Morgan fingerprint density at radius 3 is 2.78 bits per heavy atom. The Bertz CT molecular complexity index is 811. The Morgan fingerprint density at radius 1 is 1.43 bits per heavy atom. The van der Waals surface area contributed by atoms with E-state index in [9.17, 15) is 10.1 Å². The first-order chi connectivity index (χ1) is 10.8. The Morgan fingerprint density at radius 2 is 2.17 bits per heavy atom. The standard InChI is InChI=1S/C16H18N5OP/c1-15(2)12-5-7-21(13-4-6-18-20(13)3)19-10-16(12,23)8-11(9-17)14(15)22/h4-6,8,10H,7,23H2,1-3H3/t16-/m1/s1. The van der Waals surface area contributed by atoms with Crippen molar-refractivity contribution in [2.24, 2.45) is 17.6 Å². The molecular weight excluding hydrogens is 309 g/mol. The van der Waals surface area contributed by atoms with Crippen LogP contribution in [0.2, 0.25) is 0 Å². The summed E-state index contributed by atoms with van der Waals surface area (Å²) < 4.78 is 1.74. The molecule has 2 aliphatic rings. The smallest absolute Gasteiger partial charge is 0.182 e. The van der Waals surface area contributed by atoms with Crippen molar-refractivity contribution in [1.29, 1.82) is 5.26 Å². The minimum atomic E-state index is -0.740. The van der Waals surface area contributed by atoms with E-state index in [4.69, 9.17) is 0 Å². The first-order valence-corrected chi connectivity index (χ1v) is 7.86. The van der Waals surface area contributed by atoms with E-state index in [1.807, 2.05) is 44.1 Å². The Kier molecular flexibility index (Phi) is 3.50. The highest BCUT2D eigenvalue weighted by Gasteiger charge is 2.47. The molecule has 6 nitrogen and oxygen atoms in total. The third-order valence-electron chi connectivity index (χ3n) is 4.39. The summed E-state index contributed by atoms with van der Waals surface area (Å²) in [6, 6.07) is 3.90. The van der Waals surface area contributed by atoms with Crippen molar-refractivity contribution in [3.63, 3.8) is 0 Å². The van der Waals surface area contributed by atoms with Crippen molar-refractivity contribution in [3.05, 3.63) is 35.6 Å². The molecule has 1 aromatic heterocycles. The molecule has 0 aromatic carbocycles. The average molecular weight is 327 g/mol. The van der Waals surface area contributed by atoms with Crippen molar-refractivity contribution >= 4 is 27.1 Å². The van der Waals surface area contributed by atoms with Crippen molar-refractivity contribution in [3.8, 4) is 6.07 Å². The van der Waals surface area contributed by atoms with E-state index in [-0.39, 0.29) is 11.4 Å². The van der Waals surface area contributed by atoms with Crippen molar-refractivity contribution < 1.29 is 4.79 Å². The highest BCUT2D eigenvalue weighted by Crippen LogP contribution is 2.47. The second kappa shape index (κ2) is 5.14. The lowest BCUT2D eigenvalue weighted by Crippen LogP contribution is -2.42. The van der Waals surface area contributed by atoms with E-state index in [1.54, 1.807) is 23.2 Å². The largest absolute Gasteiger partial charge is 0.292 e. The fourth-order valence-corrected chi connectivity index (χ4v) is 3.88. The molecule has 0 N–H and O–H groups in total. The zero-order valence-corrected chi connectivity index (χ0v) is 14.5. The minimum Gasteiger partial charge on any atom is -0.292 e. The topological polar surface area (TPSA) is 74.3 Å². The van der Waals surface area contributed by atoms with Crippen LogP contribution in [0.4, 0.5) is 5.82 Å². The second-order valence-corrected chi connectivity index (χ2v) is 7.27. The quantitative estimate of drug-likeness (QED) is 0.582. The van der Waals surface area contributed by atoms with E-state index in [0.717, 1.165) is 11.4 Å². The zero-order chi connectivity index (χ0) is 16.8. The van der Waals surface area contributed by atoms with Gasteiger partial charge in [-0.1, -0.05) is 6.08 Å². The van der Waals surface area contributed by atoms with Crippen LogP contribution in [-0.2, 0) is 11.8 Å². The molecule has 1 aliphatic heterocycles. The molecule has 0 saturated carbocycles. The number of allylic oxidation sites excluding steroid dienone is 3. The molecule has 0 saturated heterocycles. The van der Waals surface area contributed by atoms with E-state index >= 15 is 0 Å². The fourth-order valence-electron chi connectivity index (χ4n) is 3.17. The number of ketones is 1. The molecule has 2 atom stereocenters. The summed E-state index contributed by atoms with van der Waals surface area (Å²) in [6.45, 7) is 4.25. The monoisotopic (exact) mass is 327 g/mol. The maximum Gasteiger partial charge on any atom is 0.182 e. The molecule has 1 aromatic rings. The van der Waals surface area contributed by atoms with E-state index in [1.165, 1.54) is 0 Å². The van der Waals surface area contributed by atoms with Gasteiger partial charge in [0, 0.05) is 19.3 Å². The highest BCUT2D eigenvalue weighted by atomic mass is 31.0. The van der Waals surface area contributed by atoms with Gasteiger partial charge in [0.2, 0.25) is 0 Å². The molecule has 23 heavy (non-hydrogen) atoms. The van der Waals surface area contributed by atoms with Crippen LogP contribution in [0.25, 0.3) is 0 Å². The van der Waals surface area contributed by atoms with Gasteiger partial charge < -0.3 is 0 Å². The number of carbonyl (C=O) groups excluding carboxylic acids is 1. The number of aromatic nitrogens is 2. The van der Waals surface area contributed by atoms with Crippen LogP contribution in [0, 0.1) is 16.7 Å². The maximum absolute atomic E-state index is 12.5. The molecule has 1 aliphatic carbocycles. The number of hydrogen-bond acceptors (Lipinski definition) is 5. The SMILES string of the molecule is Cn1nccc1N1CC=C2C(C)(C)C(=O)C(C#N)=C[C@@]2(P)C=N1. The molecule has 0 radical (unpaired) electrons. The first kappa shape index (κ1) is 15.6. The van der Waals surface area contributed by atoms with Crippen molar-refractivity contribution in [1.82, 2.24) is 9.78 Å². The van der Waals surface area contributed by atoms with Gasteiger partial charge in [-0.2, -0.15) is 15.5 Å². The number of nitriles is 1. The average Bonchev–Trinajstić information content (AvgIpc) is 2.83. The van der Waals surface area contributed by atoms with Crippen molar-refractivity contribution in [2.45, 2.75) is 19.0 Å². The first-order valence-electron chi connectivity index (χ1n) is 7.28. The van der Waals surface area contributed by atoms with Crippen LogP contribution in [0.5, 0.6) is 0 Å². The maximum atomic E-state index is 12.5. The predicted octanol–water partition coefficient (Wildman–Crippen LogP) is 1.83. The molecular formula is C16H18N5OP. The van der Waals surface area contributed by atoms with Crippen molar-refractivity contribution in [2.75, 3.05) is 11.6 Å². The van der Waals surface area contributed by atoms with Gasteiger partial charge in [0.05, 0.1) is 28.9 Å². The lowest BCUT2D eigenvalue weighted by Gasteiger charge is -2.39. The molecule has 3 rings (SSSR count). The predicted molar refractivity (Wildman–Crippen MR) is 92.1 cm³/mol. The number of Topliss-reactive ketones (excluding diaryl/α,β-unsaturated/α-hetero) is 1. The van der Waals surface area contributed by atoms with Gasteiger partial charge in [-0.3, -0.25) is 9.48 Å². The zero-order valence-electron chi connectivity index (χ0n) is 13.3. The molecule has 0 spiro atoms. The van der Waals surface area contributed by atoms with E-state index in [2.05, 4.69) is 19.4 Å². The molecule has 0 bridgehead atoms. The van der Waals surface area contributed by atoms with Gasteiger partial charge in [0.1, 0.15) is 11.9 Å². The number of hydrogen-bond donors (Lipinski definition) is 0. The molecule has 1 unspecified atom stereocenters. The number of nitrogens with zero attached hydrogens (tertiary/aromatic N) is 5. The van der Waals surface area contributed by atoms with Crippen LogP contribution >= 0.6 is 9.24 Å².